The summed E-state index contributed by atoms with van der Waals surface area (Å²) in [4.78, 5) is 17.5. The molecule has 0 aliphatic carbocycles. The molecule has 28 heavy (non-hydrogen) atoms. The van der Waals surface area contributed by atoms with Crippen molar-refractivity contribution in [2.24, 2.45) is 5.73 Å². The maximum atomic E-state index is 12.9. The van der Waals surface area contributed by atoms with Crippen LogP contribution >= 0.6 is 0 Å². The van der Waals surface area contributed by atoms with Gasteiger partial charge in [0, 0.05) is 5.56 Å². The molecule has 1 amide bonds. The minimum atomic E-state index is -0.318. The minimum absolute atomic E-state index is 0.117. The summed E-state index contributed by atoms with van der Waals surface area (Å²) < 4.78 is 0. The molecule has 1 unspecified atom stereocenters. The Kier molecular flexibility index (Phi) is 5.12. The molecule has 1 atom stereocenters. The number of aromatic amines is 1. The Morgan fingerprint density at radius 1 is 1.00 bits per heavy atom. The molecule has 4 N–H and O–H groups in total. The van der Waals surface area contributed by atoms with Crippen molar-refractivity contribution in [1.82, 2.24) is 15.2 Å². The van der Waals surface area contributed by atoms with E-state index < -0.39 is 0 Å². The number of aromatic nitrogens is 3. The highest BCUT2D eigenvalue weighted by molar-refractivity contribution is 5.97. The van der Waals surface area contributed by atoms with E-state index in [-0.39, 0.29) is 11.8 Å². The van der Waals surface area contributed by atoms with Crippen LogP contribution in [0.1, 0.15) is 17.9 Å². The molecule has 0 radical (unpaired) electrons. The monoisotopic (exact) mass is 371 g/mol. The van der Waals surface area contributed by atoms with Crippen LogP contribution in [0.15, 0.2) is 72.8 Å². The fraction of sp³-hybridized carbons (Fsp3) is 0.136. The highest BCUT2D eigenvalue weighted by atomic mass is 16.1. The third-order valence-corrected chi connectivity index (χ3v) is 4.68. The van der Waals surface area contributed by atoms with Crippen LogP contribution in [0, 0.1) is 0 Å². The van der Waals surface area contributed by atoms with Gasteiger partial charge in [0.15, 0.2) is 0 Å². The van der Waals surface area contributed by atoms with Crippen LogP contribution in [0.4, 0.5) is 5.82 Å². The minimum Gasteiger partial charge on any atom is -0.330 e. The second-order valence-electron chi connectivity index (χ2n) is 6.56. The molecule has 0 saturated heterocycles. The maximum Gasteiger partial charge on any atom is 0.233 e. The van der Waals surface area contributed by atoms with Crippen LogP contribution in [0.3, 0.4) is 0 Å². The fourth-order valence-electron chi connectivity index (χ4n) is 3.28. The van der Waals surface area contributed by atoms with Gasteiger partial charge in [-0.05, 0) is 30.7 Å². The topological polar surface area (TPSA) is 96.7 Å². The predicted molar refractivity (Wildman–Crippen MR) is 111 cm³/mol. The first-order valence-electron chi connectivity index (χ1n) is 9.22. The lowest BCUT2D eigenvalue weighted by Crippen LogP contribution is -2.24. The standard InChI is InChI=1S/C22H21N5O/c23-14-13-17(15-7-3-1-4-8-15)22(28)25-19-12-11-18-21(24-19)20(27-26-18)16-9-5-2-6-10-16/h1-12,17H,13-14,23H2,(H,26,27)(H,24,25,28). The molecule has 4 aromatic rings. The second-order valence-corrected chi connectivity index (χ2v) is 6.56. The molecule has 2 aromatic carbocycles. The summed E-state index contributed by atoms with van der Waals surface area (Å²) in [5, 5.41) is 10.3. The molecular weight excluding hydrogens is 350 g/mol. The third-order valence-electron chi connectivity index (χ3n) is 4.68. The number of benzene rings is 2. The number of rotatable bonds is 6. The summed E-state index contributed by atoms with van der Waals surface area (Å²) in [6.07, 6.45) is 0.569. The predicted octanol–water partition coefficient (Wildman–Crippen LogP) is 3.70. The lowest BCUT2D eigenvalue weighted by molar-refractivity contribution is -0.117. The highest BCUT2D eigenvalue weighted by Crippen LogP contribution is 2.26. The Labute approximate surface area is 162 Å². The molecule has 2 heterocycles. The number of pyridine rings is 1. The normalized spacial score (nSPS) is 12.0. The van der Waals surface area contributed by atoms with Crippen molar-refractivity contribution in [2.75, 3.05) is 11.9 Å². The van der Waals surface area contributed by atoms with E-state index in [9.17, 15) is 4.79 Å². The van der Waals surface area contributed by atoms with Gasteiger partial charge in [0.25, 0.3) is 0 Å². The van der Waals surface area contributed by atoms with Crippen LogP contribution in [0.5, 0.6) is 0 Å². The van der Waals surface area contributed by atoms with Crippen molar-refractivity contribution < 1.29 is 4.79 Å². The summed E-state index contributed by atoms with van der Waals surface area (Å²) in [6, 6.07) is 23.2. The first-order chi connectivity index (χ1) is 13.8. The van der Waals surface area contributed by atoms with E-state index in [4.69, 9.17) is 5.73 Å². The maximum absolute atomic E-state index is 12.9. The van der Waals surface area contributed by atoms with Crippen molar-refractivity contribution in [3.63, 3.8) is 0 Å². The van der Waals surface area contributed by atoms with Crippen LogP contribution in [-0.4, -0.2) is 27.6 Å². The van der Waals surface area contributed by atoms with E-state index >= 15 is 0 Å². The van der Waals surface area contributed by atoms with Crippen molar-refractivity contribution >= 4 is 22.8 Å². The Balaban J connectivity index is 1.63. The first-order valence-corrected chi connectivity index (χ1v) is 9.22. The average Bonchev–Trinajstić information content (AvgIpc) is 3.16. The van der Waals surface area contributed by atoms with Gasteiger partial charge in [-0.1, -0.05) is 60.7 Å². The number of amides is 1. The Bertz CT molecular complexity index is 1080. The Morgan fingerprint density at radius 2 is 1.71 bits per heavy atom. The fourth-order valence-corrected chi connectivity index (χ4v) is 3.28. The quantitative estimate of drug-likeness (QED) is 0.481. The summed E-state index contributed by atoms with van der Waals surface area (Å²) >= 11 is 0. The number of hydrogen-bond donors (Lipinski definition) is 3. The van der Waals surface area contributed by atoms with Gasteiger partial charge in [-0.25, -0.2) is 4.98 Å². The van der Waals surface area contributed by atoms with Crippen LogP contribution in [0.2, 0.25) is 0 Å². The number of fused-ring (bicyclic) bond motifs is 1. The molecular formula is C22H21N5O. The lowest BCUT2D eigenvalue weighted by Gasteiger charge is -2.16. The van der Waals surface area contributed by atoms with Crippen molar-refractivity contribution in [1.29, 1.82) is 0 Å². The van der Waals surface area contributed by atoms with Crippen molar-refractivity contribution in [3.8, 4) is 11.3 Å². The van der Waals surface area contributed by atoms with Gasteiger partial charge in [-0.3, -0.25) is 9.89 Å². The first kappa shape index (κ1) is 17.9. The van der Waals surface area contributed by atoms with E-state index in [1.807, 2.05) is 66.7 Å². The van der Waals surface area contributed by atoms with Gasteiger partial charge in [-0.2, -0.15) is 5.10 Å². The number of carbonyl (C=O) groups excluding carboxylic acids is 1. The smallest absolute Gasteiger partial charge is 0.233 e. The molecule has 140 valence electrons. The van der Waals surface area contributed by atoms with Crippen LogP contribution < -0.4 is 11.1 Å². The summed E-state index contributed by atoms with van der Waals surface area (Å²) in [5.74, 6) is 0.0592. The molecule has 0 fully saturated rings. The molecule has 0 spiro atoms. The molecule has 0 bridgehead atoms. The Hall–Kier alpha value is -3.51. The van der Waals surface area contributed by atoms with E-state index in [2.05, 4.69) is 20.5 Å². The molecule has 0 aliphatic rings. The second kappa shape index (κ2) is 8.02. The largest absolute Gasteiger partial charge is 0.330 e. The van der Waals surface area contributed by atoms with Gasteiger partial charge < -0.3 is 11.1 Å². The number of anilines is 1. The van der Waals surface area contributed by atoms with Gasteiger partial charge >= 0.3 is 0 Å². The van der Waals surface area contributed by atoms with Gasteiger partial charge in [-0.15, -0.1) is 0 Å². The zero-order valence-corrected chi connectivity index (χ0v) is 15.3. The SMILES string of the molecule is NCCC(C(=O)Nc1ccc2[nH]nc(-c3ccccc3)c2n1)c1ccccc1. The third kappa shape index (κ3) is 3.63. The van der Waals surface area contributed by atoms with Gasteiger partial charge in [0.2, 0.25) is 5.91 Å². The van der Waals surface area contributed by atoms with E-state index in [0.717, 1.165) is 27.9 Å². The van der Waals surface area contributed by atoms with E-state index in [1.165, 1.54) is 0 Å². The summed E-state index contributed by atoms with van der Waals surface area (Å²) in [5.41, 5.74) is 9.94. The Morgan fingerprint density at radius 3 is 2.43 bits per heavy atom. The van der Waals surface area contributed by atoms with Crippen LogP contribution in [0.25, 0.3) is 22.3 Å². The number of carbonyl (C=O) groups is 1. The number of H-pyrrole nitrogens is 1. The molecule has 6 nitrogen and oxygen atoms in total. The molecule has 6 heteroatoms. The summed E-state index contributed by atoms with van der Waals surface area (Å²) in [7, 11) is 0. The molecule has 0 saturated carbocycles. The number of hydrogen-bond acceptors (Lipinski definition) is 4. The lowest BCUT2D eigenvalue weighted by atomic mass is 9.95. The molecule has 4 rings (SSSR count). The van der Waals surface area contributed by atoms with Crippen molar-refractivity contribution in [3.05, 3.63) is 78.4 Å². The zero-order chi connectivity index (χ0) is 19.3. The number of nitrogens with one attached hydrogen (secondary N) is 2. The summed E-state index contributed by atoms with van der Waals surface area (Å²) in [6.45, 7) is 0.430. The molecule has 2 aromatic heterocycles. The average molecular weight is 371 g/mol. The van der Waals surface area contributed by atoms with Crippen molar-refractivity contribution in [2.45, 2.75) is 12.3 Å². The highest BCUT2D eigenvalue weighted by Gasteiger charge is 2.20. The van der Waals surface area contributed by atoms with Gasteiger partial charge in [0.05, 0.1) is 11.4 Å². The number of nitrogens with zero attached hydrogens (tertiary/aromatic N) is 2. The van der Waals surface area contributed by atoms with Gasteiger partial charge in [0.1, 0.15) is 17.0 Å². The van der Waals surface area contributed by atoms with E-state index in [1.54, 1.807) is 6.07 Å². The number of nitrogens with two attached hydrogens (primary N) is 1. The molecule has 0 aliphatic heterocycles. The van der Waals surface area contributed by atoms with E-state index in [0.29, 0.717) is 18.8 Å². The van der Waals surface area contributed by atoms with Crippen LogP contribution in [-0.2, 0) is 4.79 Å². The zero-order valence-electron chi connectivity index (χ0n) is 15.3.